The molecule has 1 saturated heterocycles. The van der Waals surface area contributed by atoms with E-state index >= 15 is 0 Å². The number of amides is 2. The number of rotatable bonds is 4. The van der Waals surface area contributed by atoms with Crippen molar-refractivity contribution in [2.45, 2.75) is 25.0 Å². The zero-order chi connectivity index (χ0) is 17.0. The van der Waals surface area contributed by atoms with Crippen molar-refractivity contribution in [2.24, 2.45) is 0 Å². The molecule has 0 aromatic heterocycles. The van der Waals surface area contributed by atoms with Gasteiger partial charge in [0, 0.05) is 33.3 Å². The molecule has 1 aromatic rings. The van der Waals surface area contributed by atoms with Crippen molar-refractivity contribution in [1.29, 1.82) is 0 Å². The minimum atomic E-state index is -0.766. The lowest BCUT2D eigenvalue weighted by Gasteiger charge is -2.35. The number of benzene rings is 1. The van der Waals surface area contributed by atoms with Gasteiger partial charge in [0.25, 0.3) is 5.91 Å². The summed E-state index contributed by atoms with van der Waals surface area (Å²) in [5.41, 5.74) is 0.181. The van der Waals surface area contributed by atoms with E-state index in [1.807, 2.05) is 30.3 Å². The van der Waals surface area contributed by atoms with Gasteiger partial charge in [-0.1, -0.05) is 30.3 Å². The van der Waals surface area contributed by atoms with Crippen LogP contribution in [-0.2, 0) is 20.9 Å². The second-order valence-corrected chi connectivity index (χ2v) is 5.96. The summed E-state index contributed by atoms with van der Waals surface area (Å²) in [7, 11) is -0.197. The summed E-state index contributed by atoms with van der Waals surface area (Å²) in [5, 5.41) is 0. The average Bonchev–Trinajstić information content (AvgIpc) is 3.41. The molecule has 3 rings (SSSR count). The van der Waals surface area contributed by atoms with Crippen LogP contribution >= 0.6 is 0 Å². The second kappa shape index (κ2) is 6.58. The molecule has 6 nitrogen and oxygen atoms in total. The molecular weight excluding hydrogens is 296 g/mol. The van der Waals surface area contributed by atoms with E-state index in [0.717, 1.165) is 5.56 Å². The Kier molecular flexibility index (Phi) is 4.15. The van der Waals surface area contributed by atoms with Crippen LogP contribution in [0.3, 0.4) is 0 Å². The van der Waals surface area contributed by atoms with Crippen LogP contribution < -0.4 is 0 Å². The largest absolute Gasteiger partial charge is 0.445 e. The van der Waals surface area contributed by atoms with E-state index in [1.54, 1.807) is 9.80 Å². The Morgan fingerprint density at radius 3 is 2.39 bits per heavy atom. The molecule has 1 aromatic carbocycles. The normalized spacial score (nSPS) is 19.9. The van der Waals surface area contributed by atoms with E-state index < -0.39 is 5.60 Å². The van der Waals surface area contributed by atoms with Crippen molar-refractivity contribution in [3.05, 3.63) is 35.9 Å². The Labute approximate surface area is 137 Å². The lowest BCUT2D eigenvalue weighted by Crippen LogP contribution is -2.53. The van der Waals surface area contributed by atoms with Crippen molar-refractivity contribution in [3.63, 3.8) is 0 Å². The van der Waals surface area contributed by atoms with Gasteiger partial charge in [-0.3, -0.25) is 4.79 Å². The van der Waals surface area contributed by atoms with Crippen LogP contribution in [0.1, 0.15) is 19.8 Å². The zero-order valence-corrected chi connectivity index (χ0v) is 13.1. The van der Waals surface area contributed by atoms with Crippen molar-refractivity contribution < 1.29 is 20.4 Å². The highest BCUT2D eigenvalue weighted by molar-refractivity contribution is 5.88. The number of piperazine rings is 1. The Hall–Kier alpha value is -2.08. The third-order valence-corrected chi connectivity index (χ3v) is 4.40. The summed E-state index contributed by atoms with van der Waals surface area (Å²) in [6.07, 6.45) is 1.02. The quantitative estimate of drug-likeness (QED) is 0.847. The SMILES string of the molecule is [2H]COC1(C(=O)N2CCN(C(=O)OCc3ccccc3)CC2)CC1. The van der Waals surface area contributed by atoms with Crippen LogP contribution in [0.4, 0.5) is 4.79 Å². The molecule has 0 radical (unpaired) electrons. The highest BCUT2D eigenvalue weighted by Gasteiger charge is 2.52. The van der Waals surface area contributed by atoms with E-state index in [-0.39, 0.29) is 25.7 Å². The number of carbonyl (C=O) groups is 2. The van der Waals surface area contributed by atoms with Gasteiger partial charge < -0.3 is 19.3 Å². The highest BCUT2D eigenvalue weighted by atomic mass is 16.6. The first-order valence-electron chi connectivity index (χ1n) is 8.53. The Morgan fingerprint density at radius 2 is 1.78 bits per heavy atom. The Bertz CT molecular complexity index is 584. The molecule has 1 heterocycles. The van der Waals surface area contributed by atoms with Gasteiger partial charge in [0.1, 0.15) is 12.2 Å². The third kappa shape index (κ3) is 3.47. The summed E-state index contributed by atoms with van der Waals surface area (Å²) in [5.74, 6) is -0.0490. The molecule has 2 aliphatic rings. The van der Waals surface area contributed by atoms with Crippen molar-refractivity contribution in [1.82, 2.24) is 9.80 Å². The van der Waals surface area contributed by atoms with Gasteiger partial charge in [-0.15, -0.1) is 0 Å². The summed E-state index contributed by atoms with van der Waals surface area (Å²) >= 11 is 0. The molecular formula is C17H22N2O4. The van der Waals surface area contributed by atoms with E-state index in [9.17, 15) is 9.59 Å². The molecule has 2 amide bonds. The Balaban J connectivity index is 1.45. The number of carbonyl (C=O) groups excluding carboxylic acids is 2. The van der Waals surface area contributed by atoms with E-state index in [1.165, 1.54) is 0 Å². The topological polar surface area (TPSA) is 59.1 Å². The minimum absolute atomic E-state index is 0.0490. The van der Waals surface area contributed by atoms with E-state index in [2.05, 4.69) is 0 Å². The fourth-order valence-corrected chi connectivity index (χ4v) is 2.72. The molecule has 0 unspecified atom stereocenters. The summed E-state index contributed by atoms with van der Waals surface area (Å²) in [6.45, 7) is 2.11. The number of hydrogen-bond donors (Lipinski definition) is 0. The molecule has 0 bridgehead atoms. The summed E-state index contributed by atoms with van der Waals surface area (Å²) in [4.78, 5) is 27.9. The van der Waals surface area contributed by atoms with Crippen molar-refractivity contribution >= 4 is 12.0 Å². The van der Waals surface area contributed by atoms with Crippen LogP contribution in [0.2, 0.25) is 0 Å². The van der Waals surface area contributed by atoms with Gasteiger partial charge in [0.2, 0.25) is 0 Å². The summed E-state index contributed by atoms with van der Waals surface area (Å²) in [6, 6.07) is 9.54. The molecule has 6 heteroatoms. The molecule has 0 atom stereocenters. The number of hydrogen-bond acceptors (Lipinski definition) is 4. The van der Waals surface area contributed by atoms with Crippen LogP contribution in [0.5, 0.6) is 0 Å². The van der Waals surface area contributed by atoms with Gasteiger partial charge in [-0.2, -0.15) is 0 Å². The van der Waals surface area contributed by atoms with Crippen LogP contribution in [0, 0.1) is 0 Å². The maximum atomic E-state index is 12.4. The number of methoxy groups -OCH3 is 1. The molecule has 0 N–H and O–H groups in total. The smallest absolute Gasteiger partial charge is 0.410 e. The molecule has 124 valence electrons. The van der Waals surface area contributed by atoms with Gasteiger partial charge >= 0.3 is 6.09 Å². The minimum Gasteiger partial charge on any atom is -0.445 e. The van der Waals surface area contributed by atoms with E-state index in [4.69, 9.17) is 10.8 Å². The first-order chi connectivity index (χ1) is 11.6. The lowest BCUT2D eigenvalue weighted by molar-refractivity contribution is -0.146. The average molecular weight is 319 g/mol. The van der Waals surface area contributed by atoms with Crippen LogP contribution in [0.25, 0.3) is 0 Å². The predicted molar refractivity (Wildman–Crippen MR) is 83.8 cm³/mol. The van der Waals surface area contributed by atoms with Gasteiger partial charge in [-0.25, -0.2) is 4.79 Å². The van der Waals surface area contributed by atoms with Crippen LogP contribution in [-0.4, -0.2) is 60.7 Å². The Morgan fingerprint density at radius 1 is 1.13 bits per heavy atom. The molecule has 0 spiro atoms. The second-order valence-electron chi connectivity index (χ2n) is 5.96. The number of ether oxygens (including phenoxy) is 2. The summed E-state index contributed by atoms with van der Waals surface area (Å²) < 4.78 is 17.8. The number of nitrogens with zero attached hydrogens (tertiary/aromatic N) is 2. The molecule has 1 saturated carbocycles. The first-order valence-corrected chi connectivity index (χ1v) is 7.83. The maximum absolute atomic E-state index is 12.4. The zero-order valence-electron chi connectivity index (χ0n) is 14.1. The fraction of sp³-hybridized carbons (Fsp3) is 0.529. The predicted octanol–water partition coefficient (Wildman–Crippen LogP) is 1.65. The lowest BCUT2D eigenvalue weighted by atomic mass is 10.2. The maximum Gasteiger partial charge on any atom is 0.410 e. The van der Waals surface area contributed by atoms with Crippen molar-refractivity contribution in [2.75, 3.05) is 33.3 Å². The standard InChI is InChI=1S/C17H22N2O4/c1-22-17(7-8-17)15(20)18-9-11-19(12-10-18)16(21)23-13-14-5-3-2-4-6-14/h2-6H,7-13H2,1H3/i1D. The fourth-order valence-electron chi connectivity index (χ4n) is 2.72. The molecule has 2 fully saturated rings. The molecule has 23 heavy (non-hydrogen) atoms. The van der Waals surface area contributed by atoms with Gasteiger partial charge in [-0.05, 0) is 18.4 Å². The van der Waals surface area contributed by atoms with E-state index in [0.29, 0.717) is 39.0 Å². The van der Waals surface area contributed by atoms with Crippen molar-refractivity contribution in [3.8, 4) is 0 Å². The highest BCUT2D eigenvalue weighted by Crippen LogP contribution is 2.40. The molecule has 1 aliphatic heterocycles. The molecule has 1 aliphatic carbocycles. The van der Waals surface area contributed by atoms with Gasteiger partial charge in [0.15, 0.2) is 0 Å². The van der Waals surface area contributed by atoms with Gasteiger partial charge in [0.05, 0.1) is 1.37 Å². The monoisotopic (exact) mass is 319 g/mol. The van der Waals surface area contributed by atoms with Crippen LogP contribution in [0.15, 0.2) is 30.3 Å². The first kappa shape index (κ1) is 14.5. The third-order valence-electron chi connectivity index (χ3n) is 4.40.